The molecule has 2 atom stereocenters. The third-order valence-corrected chi connectivity index (χ3v) is 3.24. The van der Waals surface area contributed by atoms with E-state index in [4.69, 9.17) is 0 Å². The lowest BCUT2D eigenvalue weighted by atomic mass is 10.3. The van der Waals surface area contributed by atoms with Crippen LogP contribution in [0.25, 0.3) is 0 Å². The molecule has 0 saturated heterocycles. The van der Waals surface area contributed by atoms with Crippen LogP contribution in [0.5, 0.6) is 0 Å². The first-order valence-electron chi connectivity index (χ1n) is 6.54. The van der Waals surface area contributed by atoms with Crippen LogP contribution in [0.4, 0.5) is 5.82 Å². The summed E-state index contributed by atoms with van der Waals surface area (Å²) < 4.78 is 0. The van der Waals surface area contributed by atoms with E-state index in [9.17, 15) is 4.79 Å². The largest absolute Gasteiger partial charge is 0.369 e. The van der Waals surface area contributed by atoms with Crippen LogP contribution < -0.4 is 10.6 Å². The summed E-state index contributed by atoms with van der Waals surface area (Å²) in [6.07, 6.45) is 5.36. The minimum atomic E-state index is -0.136. The Bertz CT molecular complexity index is 404. The van der Waals surface area contributed by atoms with Crippen LogP contribution >= 0.6 is 0 Å². The molecule has 1 amide bonds. The zero-order valence-electron chi connectivity index (χ0n) is 10.9. The number of rotatable bonds is 6. The molecule has 1 heterocycles. The van der Waals surface area contributed by atoms with Crippen LogP contribution in [0.3, 0.4) is 0 Å². The van der Waals surface area contributed by atoms with Crippen molar-refractivity contribution in [2.24, 2.45) is 11.8 Å². The van der Waals surface area contributed by atoms with E-state index in [0.717, 1.165) is 25.4 Å². The van der Waals surface area contributed by atoms with E-state index in [0.29, 0.717) is 17.4 Å². The molecule has 5 heteroatoms. The fraction of sp³-hybridized carbons (Fsp3) is 0.615. The first-order chi connectivity index (χ1) is 8.70. The third-order valence-electron chi connectivity index (χ3n) is 3.24. The summed E-state index contributed by atoms with van der Waals surface area (Å²) in [6, 6.07) is 0. The molecule has 1 fully saturated rings. The Morgan fingerprint density at radius 3 is 2.78 bits per heavy atom. The standard InChI is InChI=1S/C13H20N4O/c1-3-4-14-12-8-15-11(7-16-12)13(18)17-6-10-5-9(10)2/h7-10H,3-6H2,1-2H3,(H,14,16)(H,17,18). The van der Waals surface area contributed by atoms with Gasteiger partial charge in [-0.15, -0.1) is 0 Å². The summed E-state index contributed by atoms with van der Waals surface area (Å²) in [5.74, 6) is 1.97. The fourth-order valence-electron chi connectivity index (χ4n) is 1.79. The van der Waals surface area contributed by atoms with E-state index in [-0.39, 0.29) is 5.91 Å². The molecular weight excluding hydrogens is 228 g/mol. The van der Waals surface area contributed by atoms with Crippen molar-refractivity contribution in [1.29, 1.82) is 0 Å². The first kappa shape index (κ1) is 12.8. The second-order valence-corrected chi connectivity index (χ2v) is 4.90. The quantitative estimate of drug-likeness (QED) is 0.804. The number of hydrogen-bond acceptors (Lipinski definition) is 4. The maximum absolute atomic E-state index is 11.8. The highest BCUT2D eigenvalue weighted by atomic mass is 16.1. The number of aromatic nitrogens is 2. The van der Waals surface area contributed by atoms with Crippen LogP contribution in [-0.4, -0.2) is 29.0 Å². The van der Waals surface area contributed by atoms with Gasteiger partial charge in [0.15, 0.2) is 0 Å². The number of nitrogens with zero attached hydrogens (tertiary/aromatic N) is 2. The lowest BCUT2D eigenvalue weighted by molar-refractivity contribution is 0.0946. The van der Waals surface area contributed by atoms with E-state index < -0.39 is 0 Å². The number of carbonyl (C=O) groups excluding carboxylic acids is 1. The Balaban J connectivity index is 1.82. The number of anilines is 1. The lowest BCUT2D eigenvalue weighted by Gasteiger charge is -2.05. The van der Waals surface area contributed by atoms with Gasteiger partial charge >= 0.3 is 0 Å². The molecule has 1 aliphatic rings. The molecular formula is C13H20N4O. The smallest absolute Gasteiger partial charge is 0.271 e. The molecule has 1 aromatic rings. The van der Waals surface area contributed by atoms with Crippen molar-refractivity contribution in [3.8, 4) is 0 Å². The second kappa shape index (κ2) is 5.80. The minimum Gasteiger partial charge on any atom is -0.369 e. The molecule has 18 heavy (non-hydrogen) atoms. The van der Waals surface area contributed by atoms with Crippen molar-refractivity contribution in [2.75, 3.05) is 18.4 Å². The van der Waals surface area contributed by atoms with Gasteiger partial charge in [-0.1, -0.05) is 13.8 Å². The molecule has 1 aliphatic carbocycles. The first-order valence-corrected chi connectivity index (χ1v) is 6.54. The molecule has 5 nitrogen and oxygen atoms in total. The van der Waals surface area contributed by atoms with Gasteiger partial charge in [-0.05, 0) is 24.7 Å². The molecule has 0 bridgehead atoms. The number of amides is 1. The third kappa shape index (κ3) is 3.42. The monoisotopic (exact) mass is 248 g/mol. The molecule has 1 aromatic heterocycles. The van der Waals surface area contributed by atoms with E-state index in [2.05, 4.69) is 34.4 Å². The molecule has 2 rings (SSSR count). The van der Waals surface area contributed by atoms with Crippen LogP contribution in [-0.2, 0) is 0 Å². The van der Waals surface area contributed by atoms with Crippen LogP contribution in [0, 0.1) is 11.8 Å². The zero-order valence-corrected chi connectivity index (χ0v) is 10.9. The average molecular weight is 248 g/mol. The average Bonchev–Trinajstić information content (AvgIpc) is 3.10. The summed E-state index contributed by atoms with van der Waals surface area (Å²) in [6.45, 7) is 5.89. The van der Waals surface area contributed by atoms with Crippen LogP contribution in [0.2, 0.25) is 0 Å². The molecule has 1 saturated carbocycles. The van der Waals surface area contributed by atoms with Gasteiger partial charge in [0.2, 0.25) is 0 Å². The maximum atomic E-state index is 11.8. The number of nitrogens with one attached hydrogen (secondary N) is 2. The van der Waals surface area contributed by atoms with Crippen molar-refractivity contribution < 1.29 is 4.79 Å². The van der Waals surface area contributed by atoms with Crippen molar-refractivity contribution in [1.82, 2.24) is 15.3 Å². The lowest BCUT2D eigenvalue weighted by Crippen LogP contribution is -2.26. The van der Waals surface area contributed by atoms with Gasteiger partial charge in [-0.25, -0.2) is 9.97 Å². The second-order valence-electron chi connectivity index (χ2n) is 4.90. The van der Waals surface area contributed by atoms with Gasteiger partial charge in [0.25, 0.3) is 5.91 Å². The Labute approximate surface area is 107 Å². The summed E-state index contributed by atoms with van der Waals surface area (Å²) in [4.78, 5) is 20.0. The molecule has 0 aromatic carbocycles. The summed E-state index contributed by atoms with van der Waals surface area (Å²) in [7, 11) is 0. The summed E-state index contributed by atoms with van der Waals surface area (Å²) in [5.41, 5.74) is 0.380. The molecule has 0 radical (unpaired) electrons. The number of carbonyl (C=O) groups is 1. The van der Waals surface area contributed by atoms with Gasteiger partial charge in [-0.3, -0.25) is 4.79 Å². The predicted molar refractivity (Wildman–Crippen MR) is 70.4 cm³/mol. The molecule has 2 N–H and O–H groups in total. The highest BCUT2D eigenvalue weighted by Crippen LogP contribution is 2.36. The van der Waals surface area contributed by atoms with Crippen molar-refractivity contribution in [2.45, 2.75) is 26.7 Å². The Hall–Kier alpha value is -1.65. The fourth-order valence-corrected chi connectivity index (χ4v) is 1.79. The summed E-state index contributed by atoms with van der Waals surface area (Å²) in [5, 5.41) is 6.01. The zero-order chi connectivity index (χ0) is 13.0. The molecule has 2 unspecified atom stereocenters. The van der Waals surface area contributed by atoms with Crippen LogP contribution in [0.1, 0.15) is 37.2 Å². The molecule has 0 spiro atoms. The normalized spacial score (nSPS) is 21.4. The van der Waals surface area contributed by atoms with Crippen LogP contribution in [0.15, 0.2) is 12.4 Å². The Morgan fingerprint density at radius 1 is 1.44 bits per heavy atom. The van der Waals surface area contributed by atoms with Gasteiger partial charge in [-0.2, -0.15) is 0 Å². The van der Waals surface area contributed by atoms with E-state index in [1.54, 1.807) is 6.20 Å². The van der Waals surface area contributed by atoms with Crippen molar-refractivity contribution >= 4 is 11.7 Å². The van der Waals surface area contributed by atoms with E-state index >= 15 is 0 Å². The van der Waals surface area contributed by atoms with Gasteiger partial charge < -0.3 is 10.6 Å². The Morgan fingerprint density at radius 2 is 2.22 bits per heavy atom. The highest BCUT2D eigenvalue weighted by molar-refractivity contribution is 5.92. The van der Waals surface area contributed by atoms with E-state index in [1.807, 2.05) is 0 Å². The van der Waals surface area contributed by atoms with Gasteiger partial charge in [0.05, 0.1) is 12.4 Å². The molecule has 0 aliphatic heterocycles. The maximum Gasteiger partial charge on any atom is 0.271 e. The summed E-state index contributed by atoms with van der Waals surface area (Å²) >= 11 is 0. The van der Waals surface area contributed by atoms with Crippen molar-refractivity contribution in [3.63, 3.8) is 0 Å². The van der Waals surface area contributed by atoms with Crippen molar-refractivity contribution in [3.05, 3.63) is 18.1 Å². The topological polar surface area (TPSA) is 66.9 Å². The minimum absolute atomic E-state index is 0.136. The Kier molecular flexibility index (Phi) is 4.12. The van der Waals surface area contributed by atoms with E-state index in [1.165, 1.54) is 12.6 Å². The predicted octanol–water partition coefficient (Wildman–Crippen LogP) is 1.68. The SMILES string of the molecule is CCCNc1cnc(C(=O)NCC2CC2C)cn1. The number of hydrogen-bond donors (Lipinski definition) is 2. The van der Waals surface area contributed by atoms with Gasteiger partial charge in [0.1, 0.15) is 11.5 Å². The highest BCUT2D eigenvalue weighted by Gasteiger charge is 2.32. The molecule has 98 valence electrons. The van der Waals surface area contributed by atoms with Gasteiger partial charge in [0, 0.05) is 13.1 Å².